The van der Waals surface area contributed by atoms with Gasteiger partial charge in [0.15, 0.2) is 0 Å². The van der Waals surface area contributed by atoms with Gasteiger partial charge in [-0.25, -0.2) is 4.98 Å². The van der Waals surface area contributed by atoms with Gasteiger partial charge in [-0.2, -0.15) is 13.2 Å². The topological polar surface area (TPSA) is 65.5 Å². The van der Waals surface area contributed by atoms with Crippen molar-refractivity contribution in [2.24, 2.45) is 5.92 Å². The molecule has 8 heteroatoms. The minimum Gasteiger partial charge on any atom is -0.395 e. The maximum Gasteiger partial charge on any atom is 0.419 e. The molecule has 122 valence electrons. The monoisotopic (exact) mass is 317 g/mol. The van der Waals surface area contributed by atoms with E-state index in [1.54, 1.807) is 0 Å². The lowest BCUT2D eigenvalue weighted by molar-refractivity contribution is -0.137. The molecule has 0 bridgehead atoms. The number of hydrogen-bond acceptors (Lipinski definition) is 4. The van der Waals surface area contributed by atoms with E-state index >= 15 is 0 Å². The van der Waals surface area contributed by atoms with Crippen LogP contribution in [-0.2, 0) is 11.0 Å². The molecular weight excluding hydrogens is 299 g/mol. The molecule has 1 atom stereocenters. The predicted octanol–water partition coefficient (Wildman–Crippen LogP) is 1.43. The summed E-state index contributed by atoms with van der Waals surface area (Å²) in [5.74, 6) is -0.777. The van der Waals surface area contributed by atoms with Crippen molar-refractivity contribution in [3.05, 3.63) is 23.9 Å². The second-order valence-electron chi connectivity index (χ2n) is 5.17. The van der Waals surface area contributed by atoms with Gasteiger partial charge in [-0.05, 0) is 25.0 Å². The Labute approximate surface area is 126 Å². The molecule has 1 aromatic rings. The second kappa shape index (κ2) is 6.95. The zero-order valence-corrected chi connectivity index (χ0v) is 11.9. The highest BCUT2D eigenvalue weighted by molar-refractivity contribution is 5.79. The molecule has 0 aromatic carbocycles. The molecular formula is C14H18F3N3O2. The van der Waals surface area contributed by atoms with Gasteiger partial charge in [-0.15, -0.1) is 0 Å². The Morgan fingerprint density at radius 1 is 1.50 bits per heavy atom. The first kappa shape index (κ1) is 16.5. The number of hydrogen-bond donors (Lipinski definition) is 2. The van der Waals surface area contributed by atoms with Crippen molar-refractivity contribution in [1.29, 1.82) is 0 Å². The van der Waals surface area contributed by atoms with Crippen LogP contribution in [0.15, 0.2) is 18.3 Å². The van der Waals surface area contributed by atoms with Crippen LogP contribution in [0.2, 0.25) is 0 Å². The fourth-order valence-electron chi connectivity index (χ4n) is 2.58. The summed E-state index contributed by atoms with van der Waals surface area (Å²) in [6.07, 6.45) is -1.93. The van der Waals surface area contributed by atoms with Crippen LogP contribution in [0.25, 0.3) is 0 Å². The summed E-state index contributed by atoms with van der Waals surface area (Å²) in [4.78, 5) is 17.3. The highest BCUT2D eigenvalue weighted by atomic mass is 19.4. The van der Waals surface area contributed by atoms with Crippen molar-refractivity contribution < 1.29 is 23.1 Å². The normalized spacial score (nSPS) is 19.1. The Bertz CT molecular complexity index is 522. The summed E-state index contributed by atoms with van der Waals surface area (Å²) in [6.45, 7) is 0.606. The van der Waals surface area contributed by atoms with Gasteiger partial charge in [0.05, 0.1) is 18.1 Å². The summed E-state index contributed by atoms with van der Waals surface area (Å²) in [5, 5.41) is 11.3. The number of aliphatic hydroxyl groups is 1. The Morgan fingerprint density at radius 3 is 2.95 bits per heavy atom. The Balaban J connectivity index is 2.15. The number of pyridine rings is 1. The number of nitrogens with one attached hydrogen (secondary N) is 1. The number of carbonyl (C=O) groups excluding carboxylic acids is 1. The van der Waals surface area contributed by atoms with Crippen molar-refractivity contribution >= 4 is 11.7 Å². The first-order valence-corrected chi connectivity index (χ1v) is 7.09. The van der Waals surface area contributed by atoms with E-state index in [1.165, 1.54) is 17.2 Å². The molecule has 1 aliphatic heterocycles. The molecule has 1 aromatic heterocycles. The molecule has 0 radical (unpaired) electrons. The van der Waals surface area contributed by atoms with Gasteiger partial charge in [-0.3, -0.25) is 4.79 Å². The van der Waals surface area contributed by atoms with Crippen LogP contribution in [0.1, 0.15) is 18.4 Å². The molecule has 2 rings (SSSR count). The Kier molecular flexibility index (Phi) is 5.23. The van der Waals surface area contributed by atoms with E-state index in [2.05, 4.69) is 10.3 Å². The largest absolute Gasteiger partial charge is 0.419 e. The van der Waals surface area contributed by atoms with Crippen LogP contribution >= 0.6 is 0 Å². The molecule has 2 heterocycles. The highest BCUT2D eigenvalue weighted by Gasteiger charge is 2.37. The standard InChI is InChI=1S/C14H18F3N3O2/c15-14(16,17)11-4-1-5-18-12(11)20-7-2-3-10(9-20)13(22)19-6-8-21/h1,4-5,10,21H,2-3,6-9H2,(H,19,22). The fraction of sp³-hybridized carbons (Fsp3) is 0.571. The van der Waals surface area contributed by atoms with Gasteiger partial charge in [-0.1, -0.05) is 0 Å². The molecule has 1 saturated heterocycles. The number of carbonyl (C=O) groups is 1. The summed E-state index contributed by atoms with van der Waals surface area (Å²) in [7, 11) is 0. The van der Waals surface area contributed by atoms with Crippen LogP contribution in [0.3, 0.4) is 0 Å². The number of rotatable bonds is 4. The molecule has 2 N–H and O–H groups in total. The van der Waals surface area contributed by atoms with E-state index in [4.69, 9.17) is 5.11 Å². The zero-order chi connectivity index (χ0) is 16.2. The number of aliphatic hydroxyl groups excluding tert-OH is 1. The smallest absolute Gasteiger partial charge is 0.395 e. The molecule has 1 aliphatic rings. The van der Waals surface area contributed by atoms with E-state index in [0.717, 1.165) is 6.07 Å². The third-order valence-electron chi connectivity index (χ3n) is 3.59. The summed E-state index contributed by atoms with van der Waals surface area (Å²) in [5.41, 5.74) is -0.786. The average molecular weight is 317 g/mol. The van der Waals surface area contributed by atoms with Crippen LogP contribution in [-0.4, -0.2) is 42.2 Å². The average Bonchev–Trinajstić information content (AvgIpc) is 2.52. The number of anilines is 1. The van der Waals surface area contributed by atoms with Crippen LogP contribution in [0, 0.1) is 5.92 Å². The van der Waals surface area contributed by atoms with E-state index < -0.39 is 17.7 Å². The first-order valence-electron chi connectivity index (χ1n) is 7.09. The number of nitrogens with zero attached hydrogens (tertiary/aromatic N) is 2. The molecule has 1 unspecified atom stereocenters. The van der Waals surface area contributed by atoms with E-state index in [9.17, 15) is 18.0 Å². The molecule has 0 saturated carbocycles. The lowest BCUT2D eigenvalue weighted by atomic mass is 9.96. The number of piperidine rings is 1. The van der Waals surface area contributed by atoms with Gasteiger partial charge in [0.2, 0.25) is 5.91 Å². The van der Waals surface area contributed by atoms with Gasteiger partial charge in [0, 0.05) is 25.8 Å². The summed E-state index contributed by atoms with van der Waals surface area (Å²) >= 11 is 0. The maximum absolute atomic E-state index is 13.1. The summed E-state index contributed by atoms with van der Waals surface area (Å²) in [6, 6.07) is 2.25. The zero-order valence-electron chi connectivity index (χ0n) is 11.9. The van der Waals surface area contributed by atoms with Gasteiger partial charge in [0.25, 0.3) is 0 Å². The SMILES string of the molecule is O=C(NCCO)C1CCCN(c2ncccc2C(F)(F)F)C1. The quantitative estimate of drug-likeness (QED) is 0.882. The van der Waals surface area contributed by atoms with E-state index in [0.29, 0.717) is 19.4 Å². The molecule has 0 spiro atoms. The Hall–Kier alpha value is -1.83. The minimum absolute atomic E-state index is 0.130. The van der Waals surface area contributed by atoms with Gasteiger partial charge in [0.1, 0.15) is 5.82 Å². The fourth-order valence-corrected chi connectivity index (χ4v) is 2.58. The molecule has 1 amide bonds. The van der Waals surface area contributed by atoms with Crippen molar-refractivity contribution in [3.63, 3.8) is 0 Å². The number of alkyl halides is 3. The highest BCUT2D eigenvalue weighted by Crippen LogP contribution is 2.36. The number of halogens is 3. The third-order valence-corrected chi connectivity index (χ3v) is 3.59. The lowest BCUT2D eigenvalue weighted by Crippen LogP contribution is -2.44. The summed E-state index contributed by atoms with van der Waals surface area (Å²) < 4.78 is 39.2. The van der Waals surface area contributed by atoms with E-state index in [-0.39, 0.29) is 31.4 Å². The van der Waals surface area contributed by atoms with Crippen molar-refractivity contribution in [3.8, 4) is 0 Å². The van der Waals surface area contributed by atoms with Crippen molar-refractivity contribution in [2.45, 2.75) is 19.0 Å². The maximum atomic E-state index is 13.1. The second-order valence-corrected chi connectivity index (χ2v) is 5.17. The van der Waals surface area contributed by atoms with Gasteiger partial charge >= 0.3 is 6.18 Å². The van der Waals surface area contributed by atoms with Crippen LogP contribution in [0.4, 0.5) is 19.0 Å². The minimum atomic E-state index is -4.48. The van der Waals surface area contributed by atoms with E-state index in [1.807, 2.05) is 0 Å². The van der Waals surface area contributed by atoms with Crippen molar-refractivity contribution in [1.82, 2.24) is 10.3 Å². The molecule has 22 heavy (non-hydrogen) atoms. The van der Waals surface area contributed by atoms with Gasteiger partial charge < -0.3 is 15.3 Å². The molecule has 0 aliphatic carbocycles. The number of aromatic nitrogens is 1. The van der Waals surface area contributed by atoms with Crippen molar-refractivity contribution in [2.75, 3.05) is 31.1 Å². The van der Waals surface area contributed by atoms with Crippen LogP contribution in [0.5, 0.6) is 0 Å². The molecule has 1 fully saturated rings. The molecule has 5 nitrogen and oxygen atoms in total. The number of amides is 1. The Morgan fingerprint density at radius 2 is 2.27 bits per heavy atom. The third kappa shape index (κ3) is 3.88. The van der Waals surface area contributed by atoms with Crippen LogP contribution < -0.4 is 10.2 Å². The predicted molar refractivity (Wildman–Crippen MR) is 74.3 cm³/mol. The lowest BCUT2D eigenvalue weighted by Gasteiger charge is -2.34. The first-order chi connectivity index (χ1) is 10.4.